The van der Waals surface area contributed by atoms with Crippen LogP contribution in [0.15, 0.2) is 20.0 Å². The van der Waals surface area contributed by atoms with Crippen LogP contribution in [0.4, 0.5) is 0 Å². The summed E-state index contributed by atoms with van der Waals surface area (Å²) >= 11 is 8.84. The molecule has 0 amide bonds. The number of halogens is 2. The minimum absolute atomic E-state index is 0.146. The van der Waals surface area contributed by atoms with E-state index in [1.54, 1.807) is 0 Å². The Balaban J connectivity index is 3.08. The molecular weight excluding hydrogens is 366 g/mol. The lowest BCUT2D eigenvalue weighted by molar-refractivity contribution is 0.338. The highest BCUT2D eigenvalue weighted by Crippen LogP contribution is 2.30. The Kier molecular flexibility index (Phi) is 7.04. The van der Waals surface area contributed by atoms with E-state index in [0.717, 1.165) is 12.8 Å². The maximum absolute atomic E-state index is 12.7. The zero-order chi connectivity index (χ0) is 15.3. The van der Waals surface area contributed by atoms with E-state index in [4.69, 9.17) is 16.0 Å². The molecule has 20 heavy (non-hydrogen) atoms. The predicted molar refractivity (Wildman–Crippen MR) is 84.5 cm³/mol. The molecule has 0 fully saturated rings. The SMILES string of the molecule is CCC(CC)CN(CC)S(=O)(=O)c1cc(CCl)oc1Br. The Bertz CT molecular complexity index is 526. The Hall–Kier alpha value is -0.0400. The van der Waals surface area contributed by atoms with E-state index in [1.165, 1.54) is 10.4 Å². The normalized spacial score (nSPS) is 12.6. The van der Waals surface area contributed by atoms with Crippen LogP contribution in [0, 0.1) is 5.92 Å². The summed E-state index contributed by atoms with van der Waals surface area (Å²) in [5.74, 6) is 0.950. The van der Waals surface area contributed by atoms with Crippen LogP contribution >= 0.6 is 27.5 Å². The number of sulfonamides is 1. The summed E-state index contributed by atoms with van der Waals surface area (Å²) in [6.45, 7) is 6.96. The van der Waals surface area contributed by atoms with Crippen molar-refractivity contribution in [2.24, 2.45) is 5.92 Å². The van der Waals surface area contributed by atoms with Gasteiger partial charge in [-0.2, -0.15) is 4.31 Å². The molecule has 4 nitrogen and oxygen atoms in total. The third-order valence-corrected chi connectivity index (χ3v) is 6.49. The van der Waals surface area contributed by atoms with Gasteiger partial charge in [-0.05, 0) is 21.8 Å². The summed E-state index contributed by atoms with van der Waals surface area (Å²) in [4.78, 5) is 0.154. The van der Waals surface area contributed by atoms with Crippen LogP contribution in [0.2, 0.25) is 0 Å². The second-order valence-corrected chi connectivity index (χ2v) is 7.52. The monoisotopic (exact) mass is 385 g/mol. The summed E-state index contributed by atoms with van der Waals surface area (Å²) in [5.41, 5.74) is 0. The van der Waals surface area contributed by atoms with Gasteiger partial charge in [0.1, 0.15) is 10.7 Å². The fourth-order valence-electron chi connectivity index (χ4n) is 2.01. The molecule has 1 rings (SSSR count). The van der Waals surface area contributed by atoms with E-state index in [-0.39, 0.29) is 15.4 Å². The lowest BCUT2D eigenvalue weighted by Crippen LogP contribution is -2.35. The van der Waals surface area contributed by atoms with E-state index < -0.39 is 10.0 Å². The molecule has 0 aliphatic rings. The van der Waals surface area contributed by atoms with Crippen molar-refractivity contribution in [3.8, 4) is 0 Å². The number of hydrogen-bond donors (Lipinski definition) is 0. The second kappa shape index (κ2) is 7.82. The van der Waals surface area contributed by atoms with Crippen molar-refractivity contribution >= 4 is 37.6 Å². The highest BCUT2D eigenvalue weighted by Gasteiger charge is 2.29. The molecule has 1 aromatic heterocycles. The highest BCUT2D eigenvalue weighted by atomic mass is 79.9. The number of hydrogen-bond acceptors (Lipinski definition) is 3. The van der Waals surface area contributed by atoms with Crippen molar-refractivity contribution in [3.63, 3.8) is 0 Å². The summed E-state index contributed by atoms with van der Waals surface area (Å²) in [5, 5.41) is 0. The first-order valence-electron chi connectivity index (χ1n) is 6.74. The third-order valence-electron chi connectivity index (χ3n) is 3.43. The molecule has 0 saturated heterocycles. The maximum atomic E-state index is 12.7. The van der Waals surface area contributed by atoms with E-state index in [9.17, 15) is 8.42 Å². The summed E-state index contributed by atoms with van der Waals surface area (Å²) in [6, 6.07) is 1.49. The van der Waals surface area contributed by atoms with Crippen molar-refractivity contribution < 1.29 is 12.8 Å². The first kappa shape index (κ1) is 18.0. The molecule has 0 atom stereocenters. The Morgan fingerprint density at radius 1 is 1.35 bits per heavy atom. The first-order chi connectivity index (χ1) is 9.40. The lowest BCUT2D eigenvalue weighted by atomic mass is 10.0. The average Bonchev–Trinajstić information content (AvgIpc) is 2.82. The summed E-state index contributed by atoms with van der Waals surface area (Å²) in [7, 11) is -3.55. The predicted octanol–water partition coefficient (Wildman–Crippen LogP) is 4.23. The van der Waals surface area contributed by atoms with Gasteiger partial charge in [0, 0.05) is 19.2 Å². The fraction of sp³-hybridized carbons (Fsp3) is 0.692. The van der Waals surface area contributed by atoms with Crippen LogP contribution in [0.5, 0.6) is 0 Å². The van der Waals surface area contributed by atoms with Crippen molar-refractivity contribution in [2.45, 2.75) is 44.4 Å². The fourth-order valence-corrected chi connectivity index (χ4v) is 4.63. The zero-order valence-corrected chi connectivity index (χ0v) is 15.2. The van der Waals surface area contributed by atoms with Crippen molar-refractivity contribution in [2.75, 3.05) is 13.1 Å². The van der Waals surface area contributed by atoms with Gasteiger partial charge < -0.3 is 4.42 Å². The topological polar surface area (TPSA) is 50.5 Å². The van der Waals surface area contributed by atoms with Crippen LogP contribution in [0.3, 0.4) is 0 Å². The van der Waals surface area contributed by atoms with Crippen LogP contribution in [-0.2, 0) is 15.9 Å². The quantitative estimate of drug-likeness (QED) is 0.628. The van der Waals surface area contributed by atoms with Gasteiger partial charge in [-0.1, -0.05) is 33.6 Å². The molecule has 0 saturated carbocycles. The Morgan fingerprint density at radius 2 is 1.95 bits per heavy atom. The van der Waals surface area contributed by atoms with Gasteiger partial charge >= 0.3 is 0 Å². The van der Waals surface area contributed by atoms with Crippen molar-refractivity contribution in [1.29, 1.82) is 0 Å². The minimum Gasteiger partial charge on any atom is -0.452 e. The molecule has 116 valence electrons. The highest BCUT2D eigenvalue weighted by molar-refractivity contribution is 9.10. The molecule has 0 aromatic carbocycles. The molecule has 7 heteroatoms. The lowest BCUT2D eigenvalue weighted by Gasteiger charge is -2.24. The number of rotatable bonds is 8. The molecule has 0 bridgehead atoms. The average molecular weight is 387 g/mol. The van der Waals surface area contributed by atoms with Crippen LogP contribution in [0.25, 0.3) is 0 Å². The third kappa shape index (κ3) is 4.00. The van der Waals surface area contributed by atoms with Crippen molar-refractivity contribution in [1.82, 2.24) is 4.31 Å². The molecule has 0 spiro atoms. The zero-order valence-electron chi connectivity index (χ0n) is 12.0. The van der Waals surface area contributed by atoms with Gasteiger partial charge in [-0.25, -0.2) is 8.42 Å². The minimum atomic E-state index is -3.55. The number of furan rings is 1. The van der Waals surface area contributed by atoms with Crippen LogP contribution in [0.1, 0.15) is 39.4 Å². The smallest absolute Gasteiger partial charge is 0.247 e. The van der Waals surface area contributed by atoms with Gasteiger partial charge in [0.15, 0.2) is 4.67 Å². The largest absolute Gasteiger partial charge is 0.452 e. The second-order valence-electron chi connectivity index (χ2n) is 4.62. The molecule has 0 aliphatic carbocycles. The molecule has 0 aliphatic heterocycles. The summed E-state index contributed by atoms with van der Waals surface area (Å²) in [6.07, 6.45) is 1.92. The Morgan fingerprint density at radius 3 is 2.35 bits per heavy atom. The number of nitrogens with zero attached hydrogens (tertiary/aromatic N) is 1. The van der Waals surface area contributed by atoms with E-state index in [0.29, 0.717) is 24.8 Å². The molecule has 1 aromatic rings. The Labute approximate surface area is 134 Å². The van der Waals surface area contributed by atoms with Gasteiger partial charge in [0.05, 0.1) is 5.88 Å². The van der Waals surface area contributed by atoms with Crippen LogP contribution < -0.4 is 0 Å². The summed E-state index contributed by atoms with van der Waals surface area (Å²) < 4.78 is 32.3. The van der Waals surface area contributed by atoms with E-state index in [1.807, 2.05) is 6.92 Å². The molecule has 1 heterocycles. The van der Waals surface area contributed by atoms with Gasteiger partial charge in [0.2, 0.25) is 10.0 Å². The first-order valence-corrected chi connectivity index (χ1v) is 9.51. The maximum Gasteiger partial charge on any atom is 0.247 e. The van der Waals surface area contributed by atoms with E-state index in [2.05, 4.69) is 29.8 Å². The van der Waals surface area contributed by atoms with Gasteiger partial charge in [-0.15, -0.1) is 11.6 Å². The molecule has 0 unspecified atom stereocenters. The van der Waals surface area contributed by atoms with Crippen molar-refractivity contribution in [3.05, 3.63) is 16.5 Å². The number of alkyl halides is 1. The van der Waals surface area contributed by atoms with Crippen LogP contribution in [-0.4, -0.2) is 25.8 Å². The standard InChI is InChI=1S/C13H21BrClNO3S/c1-4-10(5-2)9-16(6-3)20(17,18)12-7-11(8-15)19-13(12)14/h7,10H,4-6,8-9H2,1-3H3. The van der Waals surface area contributed by atoms with Gasteiger partial charge in [-0.3, -0.25) is 0 Å². The van der Waals surface area contributed by atoms with E-state index >= 15 is 0 Å². The molecular formula is C13H21BrClNO3S. The van der Waals surface area contributed by atoms with Gasteiger partial charge in [0.25, 0.3) is 0 Å². The molecule has 0 N–H and O–H groups in total. The molecule has 0 radical (unpaired) electrons.